The Bertz CT molecular complexity index is 607. The van der Waals surface area contributed by atoms with Crippen LogP contribution in [0.4, 0.5) is 0 Å². The van der Waals surface area contributed by atoms with Gasteiger partial charge in [0.05, 0.1) is 25.4 Å². The summed E-state index contributed by atoms with van der Waals surface area (Å²) in [5, 5.41) is 9.79. The highest BCUT2D eigenvalue weighted by Gasteiger charge is 2.42. The van der Waals surface area contributed by atoms with Crippen LogP contribution in [0.15, 0.2) is 18.2 Å². The monoisotopic (exact) mass is 360 g/mol. The number of benzene rings is 1. The Morgan fingerprint density at radius 1 is 1.12 bits per heavy atom. The van der Waals surface area contributed by atoms with Crippen molar-refractivity contribution in [3.63, 3.8) is 0 Å². The van der Waals surface area contributed by atoms with Crippen LogP contribution < -0.4 is 4.74 Å². The number of aliphatic hydroxyl groups is 1. The first-order chi connectivity index (χ1) is 12.7. The minimum Gasteiger partial charge on any atom is -0.496 e. The summed E-state index contributed by atoms with van der Waals surface area (Å²) >= 11 is 0. The van der Waals surface area contributed by atoms with Crippen LogP contribution in [0.5, 0.6) is 5.75 Å². The maximum Gasteiger partial charge on any atom is 0.123 e. The summed E-state index contributed by atoms with van der Waals surface area (Å²) in [4.78, 5) is 5.04. The fourth-order valence-electron chi connectivity index (χ4n) is 4.78. The molecule has 5 heteroatoms. The molecule has 144 valence electrons. The molecule has 0 amide bonds. The van der Waals surface area contributed by atoms with E-state index in [2.05, 4.69) is 28.0 Å². The number of hydrogen-bond donors (Lipinski definition) is 1. The minimum absolute atomic E-state index is 0.0588. The van der Waals surface area contributed by atoms with Crippen LogP contribution in [0, 0.1) is 0 Å². The van der Waals surface area contributed by atoms with E-state index in [4.69, 9.17) is 9.47 Å². The molecule has 1 atom stereocenters. The van der Waals surface area contributed by atoms with Gasteiger partial charge in [-0.1, -0.05) is 6.07 Å². The van der Waals surface area contributed by atoms with Gasteiger partial charge >= 0.3 is 0 Å². The molecular formula is C21H32N2O3. The lowest BCUT2D eigenvalue weighted by atomic mass is 9.88. The number of aliphatic hydroxyl groups excluding tert-OH is 1. The summed E-state index contributed by atoms with van der Waals surface area (Å²) in [6.07, 6.45) is 5.23. The van der Waals surface area contributed by atoms with Gasteiger partial charge in [0, 0.05) is 38.2 Å². The van der Waals surface area contributed by atoms with E-state index in [0.717, 1.165) is 51.2 Å². The van der Waals surface area contributed by atoms with Crippen LogP contribution in [0.2, 0.25) is 0 Å². The molecule has 1 N–H and O–H groups in total. The largest absolute Gasteiger partial charge is 0.496 e. The number of piperidine rings is 1. The smallest absolute Gasteiger partial charge is 0.123 e. The maximum atomic E-state index is 9.79. The highest BCUT2D eigenvalue weighted by atomic mass is 16.5. The second kappa shape index (κ2) is 7.85. The lowest BCUT2D eigenvalue weighted by Gasteiger charge is -2.38. The Balaban J connectivity index is 1.37. The van der Waals surface area contributed by atoms with Crippen LogP contribution in [0.3, 0.4) is 0 Å². The van der Waals surface area contributed by atoms with Crippen molar-refractivity contribution < 1.29 is 14.6 Å². The first-order valence-corrected chi connectivity index (χ1v) is 10.1. The summed E-state index contributed by atoms with van der Waals surface area (Å²) in [6, 6.07) is 6.66. The molecule has 0 aromatic heterocycles. The van der Waals surface area contributed by atoms with Crippen LogP contribution in [0.25, 0.3) is 0 Å². The number of hydrogen-bond acceptors (Lipinski definition) is 5. The number of methoxy groups -OCH3 is 1. The predicted octanol–water partition coefficient (Wildman–Crippen LogP) is 2.41. The van der Waals surface area contributed by atoms with Gasteiger partial charge < -0.3 is 14.6 Å². The standard InChI is InChI=1S/C21H32N2O3/c1-25-20-5-4-17(12-18(20)15-22-8-2-3-9-22)14-23-10-6-21(7-11-23)13-19(24)16-26-21/h4-5,12,19,24H,2-3,6-11,13-16H2,1H3/t19-/m0/s1. The van der Waals surface area contributed by atoms with Crippen molar-refractivity contribution in [1.82, 2.24) is 9.80 Å². The second-order valence-corrected chi connectivity index (χ2v) is 8.26. The van der Waals surface area contributed by atoms with Crippen molar-refractivity contribution in [2.24, 2.45) is 0 Å². The quantitative estimate of drug-likeness (QED) is 0.874. The van der Waals surface area contributed by atoms with Gasteiger partial charge in [0.1, 0.15) is 5.75 Å². The molecule has 26 heavy (non-hydrogen) atoms. The van der Waals surface area contributed by atoms with Crippen molar-refractivity contribution in [3.8, 4) is 5.75 Å². The van der Waals surface area contributed by atoms with Crippen LogP contribution >= 0.6 is 0 Å². The Labute approximate surface area is 156 Å². The molecule has 1 aromatic rings. The van der Waals surface area contributed by atoms with Crippen molar-refractivity contribution in [1.29, 1.82) is 0 Å². The average Bonchev–Trinajstić information content (AvgIpc) is 3.28. The molecule has 0 radical (unpaired) electrons. The molecule has 5 nitrogen and oxygen atoms in total. The van der Waals surface area contributed by atoms with E-state index in [9.17, 15) is 5.11 Å². The summed E-state index contributed by atoms with van der Waals surface area (Å²) in [5.41, 5.74) is 2.61. The molecule has 0 bridgehead atoms. The molecule has 0 unspecified atom stereocenters. The number of nitrogens with zero attached hydrogens (tertiary/aromatic N) is 2. The third-order valence-electron chi connectivity index (χ3n) is 6.30. The molecular weight excluding hydrogens is 328 g/mol. The normalized spacial score (nSPS) is 26.6. The van der Waals surface area contributed by atoms with Gasteiger partial charge in [0.25, 0.3) is 0 Å². The number of rotatable bonds is 5. The van der Waals surface area contributed by atoms with Gasteiger partial charge in [-0.2, -0.15) is 0 Å². The van der Waals surface area contributed by atoms with Crippen molar-refractivity contribution in [3.05, 3.63) is 29.3 Å². The Hall–Kier alpha value is -1.14. The van der Waals surface area contributed by atoms with E-state index < -0.39 is 0 Å². The van der Waals surface area contributed by atoms with Crippen molar-refractivity contribution in [2.45, 2.75) is 56.9 Å². The maximum absolute atomic E-state index is 9.79. The van der Waals surface area contributed by atoms with E-state index >= 15 is 0 Å². The highest BCUT2D eigenvalue weighted by molar-refractivity contribution is 5.37. The molecule has 4 rings (SSSR count). The third kappa shape index (κ3) is 4.06. The lowest BCUT2D eigenvalue weighted by molar-refractivity contribution is -0.0456. The zero-order valence-electron chi connectivity index (χ0n) is 16.0. The average molecular weight is 360 g/mol. The van der Waals surface area contributed by atoms with E-state index in [1.165, 1.54) is 37.1 Å². The Morgan fingerprint density at radius 3 is 2.50 bits per heavy atom. The van der Waals surface area contributed by atoms with Gasteiger partial charge in [-0.3, -0.25) is 9.80 Å². The van der Waals surface area contributed by atoms with Gasteiger partial charge in [-0.15, -0.1) is 0 Å². The molecule has 0 aliphatic carbocycles. The Morgan fingerprint density at radius 2 is 1.85 bits per heavy atom. The molecule has 0 saturated carbocycles. The third-order valence-corrected chi connectivity index (χ3v) is 6.30. The summed E-state index contributed by atoms with van der Waals surface area (Å²) < 4.78 is 11.5. The van der Waals surface area contributed by atoms with E-state index in [1.807, 2.05) is 0 Å². The highest BCUT2D eigenvalue weighted by Crippen LogP contribution is 2.36. The summed E-state index contributed by atoms with van der Waals surface area (Å²) in [5.74, 6) is 1.01. The Kier molecular flexibility index (Phi) is 5.50. The molecule has 1 spiro atoms. The predicted molar refractivity (Wildman–Crippen MR) is 101 cm³/mol. The van der Waals surface area contributed by atoms with Crippen LogP contribution in [-0.4, -0.2) is 66.5 Å². The van der Waals surface area contributed by atoms with Gasteiger partial charge in [-0.25, -0.2) is 0 Å². The zero-order chi connectivity index (χ0) is 18.0. The molecule has 3 aliphatic heterocycles. The molecule has 3 aliphatic rings. The fraction of sp³-hybridized carbons (Fsp3) is 0.714. The van der Waals surface area contributed by atoms with E-state index in [-0.39, 0.29) is 11.7 Å². The minimum atomic E-state index is -0.267. The van der Waals surface area contributed by atoms with Crippen LogP contribution in [-0.2, 0) is 17.8 Å². The van der Waals surface area contributed by atoms with Crippen molar-refractivity contribution >= 4 is 0 Å². The van der Waals surface area contributed by atoms with Gasteiger partial charge in [0.2, 0.25) is 0 Å². The van der Waals surface area contributed by atoms with E-state index in [0.29, 0.717) is 6.61 Å². The first-order valence-electron chi connectivity index (χ1n) is 10.1. The van der Waals surface area contributed by atoms with Gasteiger partial charge in [0.15, 0.2) is 0 Å². The number of ether oxygens (including phenoxy) is 2. The van der Waals surface area contributed by atoms with Gasteiger partial charge in [-0.05, 0) is 56.5 Å². The molecule has 1 aromatic carbocycles. The van der Waals surface area contributed by atoms with E-state index in [1.54, 1.807) is 7.11 Å². The first kappa shape index (κ1) is 18.2. The summed E-state index contributed by atoms with van der Waals surface area (Å²) in [7, 11) is 1.77. The molecule has 3 fully saturated rings. The van der Waals surface area contributed by atoms with Crippen LogP contribution in [0.1, 0.15) is 43.2 Å². The number of likely N-dealkylation sites (tertiary alicyclic amines) is 2. The molecule has 3 heterocycles. The SMILES string of the molecule is COc1ccc(CN2CCC3(CC2)C[C@H](O)CO3)cc1CN1CCCC1. The van der Waals surface area contributed by atoms with Crippen molar-refractivity contribution in [2.75, 3.05) is 39.9 Å². The molecule has 3 saturated heterocycles. The summed E-state index contributed by atoms with van der Waals surface area (Å²) in [6.45, 7) is 6.97. The lowest BCUT2D eigenvalue weighted by Crippen LogP contribution is -2.43. The zero-order valence-corrected chi connectivity index (χ0v) is 16.0. The topological polar surface area (TPSA) is 45.2 Å². The fourth-order valence-corrected chi connectivity index (χ4v) is 4.78. The second-order valence-electron chi connectivity index (χ2n) is 8.26.